The second kappa shape index (κ2) is 5.34. The fourth-order valence-corrected chi connectivity index (χ4v) is 3.80. The van der Waals surface area contributed by atoms with Crippen LogP contribution >= 0.6 is 0 Å². The summed E-state index contributed by atoms with van der Waals surface area (Å²) in [4.78, 5) is 26.0. The number of rotatable bonds is 2. The average molecular weight is 326 g/mol. The third-order valence-corrected chi connectivity index (χ3v) is 4.88. The molecule has 1 amide bonds. The molecule has 0 unspecified atom stereocenters. The van der Waals surface area contributed by atoms with Crippen molar-refractivity contribution in [3.63, 3.8) is 0 Å². The van der Waals surface area contributed by atoms with Crippen LogP contribution in [0.15, 0.2) is 30.5 Å². The number of hydrogen-bond donors (Lipinski definition) is 0. The highest BCUT2D eigenvalue weighted by atomic mass is 19.1. The summed E-state index contributed by atoms with van der Waals surface area (Å²) in [7, 11) is 1.99. The van der Waals surface area contributed by atoms with Gasteiger partial charge < -0.3 is 9.80 Å². The minimum Gasteiger partial charge on any atom is -0.307 e. The SMILES string of the molecule is Cc1ncc2c(n1)C1(CN(C)C1)C(=O)N(c1cccc(CF)c1)C2. The van der Waals surface area contributed by atoms with E-state index in [-0.39, 0.29) is 5.91 Å². The molecule has 1 aromatic heterocycles. The van der Waals surface area contributed by atoms with Crippen molar-refractivity contribution in [1.29, 1.82) is 0 Å². The van der Waals surface area contributed by atoms with Crippen LogP contribution in [0.2, 0.25) is 0 Å². The molecule has 0 aliphatic carbocycles. The Morgan fingerprint density at radius 2 is 2.12 bits per heavy atom. The van der Waals surface area contributed by atoms with Gasteiger partial charge in [0.15, 0.2) is 0 Å². The topological polar surface area (TPSA) is 49.3 Å². The predicted octanol–water partition coefficient (Wildman–Crippen LogP) is 1.98. The van der Waals surface area contributed by atoms with Gasteiger partial charge in [0, 0.05) is 30.5 Å². The Morgan fingerprint density at radius 1 is 1.33 bits per heavy atom. The number of nitrogens with zero attached hydrogens (tertiary/aromatic N) is 4. The number of alkyl halides is 1. The fourth-order valence-electron chi connectivity index (χ4n) is 3.80. The molecule has 2 aromatic rings. The molecule has 1 saturated heterocycles. The lowest BCUT2D eigenvalue weighted by Crippen LogP contribution is -2.68. The molecule has 0 N–H and O–H groups in total. The number of fused-ring (bicyclic) bond motifs is 2. The smallest absolute Gasteiger partial charge is 0.242 e. The maximum Gasteiger partial charge on any atom is 0.242 e. The monoisotopic (exact) mass is 326 g/mol. The third-order valence-electron chi connectivity index (χ3n) is 4.88. The summed E-state index contributed by atoms with van der Waals surface area (Å²) in [6.45, 7) is 3.03. The minimum absolute atomic E-state index is 0.0437. The van der Waals surface area contributed by atoms with Gasteiger partial charge >= 0.3 is 0 Å². The summed E-state index contributed by atoms with van der Waals surface area (Å²) < 4.78 is 13.0. The van der Waals surface area contributed by atoms with Crippen LogP contribution in [0.3, 0.4) is 0 Å². The van der Waals surface area contributed by atoms with Crippen LogP contribution in [-0.4, -0.2) is 40.9 Å². The Balaban J connectivity index is 1.82. The van der Waals surface area contributed by atoms with Gasteiger partial charge in [0.05, 0.1) is 12.2 Å². The first-order valence-electron chi connectivity index (χ1n) is 8.02. The van der Waals surface area contributed by atoms with Gasteiger partial charge in [0.25, 0.3) is 0 Å². The number of carbonyl (C=O) groups excluding carboxylic acids is 1. The van der Waals surface area contributed by atoms with Crippen LogP contribution in [0.5, 0.6) is 0 Å². The van der Waals surface area contributed by atoms with E-state index in [0.29, 0.717) is 31.0 Å². The van der Waals surface area contributed by atoms with Gasteiger partial charge in [-0.25, -0.2) is 14.4 Å². The summed E-state index contributed by atoms with van der Waals surface area (Å²) in [5.74, 6) is 0.727. The van der Waals surface area contributed by atoms with E-state index in [1.54, 1.807) is 23.1 Å². The Labute approximate surface area is 140 Å². The van der Waals surface area contributed by atoms with Crippen molar-refractivity contribution in [2.24, 2.45) is 0 Å². The zero-order valence-corrected chi connectivity index (χ0v) is 13.8. The molecule has 1 aromatic carbocycles. The molecule has 0 bridgehead atoms. The van der Waals surface area contributed by atoms with E-state index in [9.17, 15) is 9.18 Å². The number of likely N-dealkylation sites (tertiary alicyclic amines) is 1. The first-order chi connectivity index (χ1) is 11.5. The van der Waals surface area contributed by atoms with Crippen molar-refractivity contribution in [3.8, 4) is 0 Å². The second-order valence-electron chi connectivity index (χ2n) is 6.74. The maximum absolute atomic E-state index is 13.3. The molecule has 2 aliphatic rings. The Hall–Kier alpha value is -2.34. The summed E-state index contributed by atoms with van der Waals surface area (Å²) in [5.41, 5.74) is 2.53. The fraction of sp³-hybridized carbons (Fsp3) is 0.389. The van der Waals surface area contributed by atoms with Crippen LogP contribution in [0.1, 0.15) is 22.6 Å². The van der Waals surface area contributed by atoms with Gasteiger partial charge in [-0.1, -0.05) is 12.1 Å². The second-order valence-corrected chi connectivity index (χ2v) is 6.74. The lowest BCUT2D eigenvalue weighted by molar-refractivity contribution is -0.131. The Kier molecular flexibility index (Phi) is 3.38. The van der Waals surface area contributed by atoms with Crippen LogP contribution < -0.4 is 4.90 Å². The van der Waals surface area contributed by atoms with E-state index < -0.39 is 12.1 Å². The Bertz CT molecular complexity index is 816. The lowest BCUT2D eigenvalue weighted by Gasteiger charge is -2.51. The molecule has 1 fully saturated rings. The normalized spacial score (nSPS) is 19.3. The summed E-state index contributed by atoms with van der Waals surface area (Å²) in [5, 5.41) is 0. The highest BCUT2D eigenvalue weighted by Gasteiger charge is 2.55. The van der Waals surface area contributed by atoms with E-state index in [4.69, 9.17) is 0 Å². The van der Waals surface area contributed by atoms with Crippen molar-refractivity contribution in [2.45, 2.75) is 25.6 Å². The molecule has 4 rings (SSSR count). The van der Waals surface area contributed by atoms with E-state index in [1.165, 1.54) is 0 Å². The van der Waals surface area contributed by atoms with Gasteiger partial charge in [0.2, 0.25) is 5.91 Å². The summed E-state index contributed by atoms with van der Waals surface area (Å²) in [6, 6.07) is 7.12. The first-order valence-corrected chi connectivity index (χ1v) is 8.02. The molecule has 0 atom stereocenters. The summed E-state index contributed by atoms with van der Waals surface area (Å²) >= 11 is 0. The number of aryl methyl sites for hydroxylation is 1. The quantitative estimate of drug-likeness (QED) is 0.847. The van der Waals surface area contributed by atoms with Gasteiger partial charge in [0.1, 0.15) is 17.9 Å². The van der Waals surface area contributed by atoms with Crippen LogP contribution in [-0.2, 0) is 23.4 Å². The number of aromatic nitrogens is 2. The highest BCUT2D eigenvalue weighted by Crippen LogP contribution is 2.41. The average Bonchev–Trinajstić information content (AvgIpc) is 2.56. The Morgan fingerprint density at radius 3 is 2.83 bits per heavy atom. The number of amides is 1. The zero-order valence-electron chi connectivity index (χ0n) is 13.8. The molecule has 0 saturated carbocycles. The number of benzene rings is 1. The van der Waals surface area contributed by atoms with E-state index in [0.717, 1.165) is 16.9 Å². The van der Waals surface area contributed by atoms with Crippen molar-refractivity contribution < 1.29 is 9.18 Å². The number of hydrogen-bond acceptors (Lipinski definition) is 4. The summed E-state index contributed by atoms with van der Waals surface area (Å²) in [6.07, 6.45) is 1.82. The molecule has 5 nitrogen and oxygen atoms in total. The predicted molar refractivity (Wildman–Crippen MR) is 88.4 cm³/mol. The van der Waals surface area contributed by atoms with E-state index in [1.807, 2.05) is 26.2 Å². The zero-order chi connectivity index (χ0) is 16.9. The maximum atomic E-state index is 13.3. The highest BCUT2D eigenvalue weighted by molar-refractivity contribution is 6.03. The number of carbonyl (C=O) groups is 1. The molecule has 6 heteroatoms. The number of likely N-dealkylation sites (N-methyl/N-ethyl adjacent to an activating group) is 1. The number of halogens is 1. The molecular formula is C18H19FN4O. The van der Waals surface area contributed by atoms with Gasteiger partial charge in [-0.15, -0.1) is 0 Å². The van der Waals surface area contributed by atoms with E-state index in [2.05, 4.69) is 14.9 Å². The van der Waals surface area contributed by atoms with Gasteiger partial charge in [-0.2, -0.15) is 0 Å². The van der Waals surface area contributed by atoms with Crippen molar-refractivity contribution >= 4 is 11.6 Å². The standard InChI is InChI=1S/C18H19FN4O/c1-12-20-8-14-9-23(15-5-3-4-13(6-15)7-19)17(24)18(16(14)21-12)10-22(2)11-18/h3-6,8H,7,9-11H2,1-2H3. The minimum atomic E-state index is -0.609. The molecule has 0 radical (unpaired) electrons. The van der Waals surface area contributed by atoms with Gasteiger partial charge in [-0.3, -0.25) is 4.79 Å². The largest absolute Gasteiger partial charge is 0.307 e. The molecule has 124 valence electrons. The van der Waals surface area contributed by atoms with Crippen molar-refractivity contribution in [1.82, 2.24) is 14.9 Å². The molecule has 2 aliphatic heterocycles. The van der Waals surface area contributed by atoms with Crippen LogP contribution in [0.4, 0.5) is 10.1 Å². The number of anilines is 1. The van der Waals surface area contributed by atoms with E-state index >= 15 is 0 Å². The molecule has 24 heavy (non-hydrogen) atoms. The van der Waals surface area contributed by atoms with Crippen LogP contribution in [0.25, 0.3) is 0 Å². The van der Waals surface area contributed by atoms with Gasteiger partial charge in [-0.05, 0) is 31.7 Å². The molecule has 3 heterocycles. The van der Waals surface area contributed by atoms with Crippen LogP contribution in [0, 0.1) is 6.92 Å². The van der Waals surface area contributed by atoms with Crippen molar-refractivity contribution in [2.75, 3.05) is 25.0 Å². The first kappa shape index (κ1) is 15.2. The lowest BCUT2D eigenvalue weighted by atomic mass is 9.71. The molecule has 1 spiro atoms. The van der Waals surface area contributed by atoms with Crippen molar-refractivity contribution in [3.05, 3.63) is 53.1 Å². The third kappa shape index (κ3) is 2.13. The molecular weight excluding hydrogens is 307 g/mol.